The maximum absolute atomic E-state index is 12.7. The Balaban J connectivity index is 2.35. The molecule has 0 unspecified atom stereocenters. The van der Waals surface area contributed by atoms with Crippen LogP contribution in [0.2, 0.25) is 0 Å². The van der Waals surface area contributed by atoms with E-state index in [2.05, 4.69) is 5.32 Å². The first-order valence-electron chi connectivity index (χ1n) is 8.07. The predicted octanol–water partition coefficient (Wildman–Crippen LogP) is 4.54. The molecule has 1 aromatic carbocycles. The molecule has 0 aliphatic rings. The number of unbranched alkanes of at least 4 members (excludes halogenated alkanes) is 2. The summed E-state index contributed by atoms with van der Waals surface area (Å²) in [7, 11) is 0. The van der Waals surface area contributed by atoms with Crippen molar-refractivity contribution in [1.82, 2.24) is 5.32 Å². The van der Waals surface area contributed by atoms with E-state index >= 15 is 0 Å². The molecular formula is C17H21F5NO2. The SMILES string of the molecule is [O]CCCCCc1ccc(C(=O)NCCCC(F)(F)C(F)(F)F)cc1. The van der Waals surface area contributed by atoms with Crippen LogP contribution < -0.4 is 5.32 Å². The van der Waals surface area contributed by atoms with Gasteiger partial charge < -0.3 is 5.32 Å². The van der Waals surface area contributed by atoms with Gasteiger partial charge in [0.1, 0.15) is 0 Å². The number of carbonyl (C=O) groups is 1. The Kier molecular flexibility index (Phi) is 8.28. The Morgan fingerprint density at radius 2 is 1.56 bits per heavy atom. The summed E-state index contributed by atoms with van der Waals surface area (Å²) in [6.45, 7) is -0.352. The van der Waals surface area contributed by atoms with Crippen molar-refractivity contribution in [3.8, 4) is 0 Å². The third-order valence-electron chi connectivity index (χ3n) is 3.69. The minimum Gasteiger partial charge on any atom is -0.352 e. The van der Waals surface area contributed by atoms with Crippen molar-refractivity contribution in [1.29, 1.82) is 0 Å². The molecule has 25 heavy (non-hydrogen) atoms. The molecule has 0 aliphatic heterocycles. The molecule has 3 nitrogen and oxygen atoms in total. The maximum Gasteiger partial charge on any atom is 0.453 e. The van der Waals surface area contributed by atoms with Gasteiger partial charge in [0.25, 0.3) is 5.91 Å². The van der Waals surface area contributed by atoms with Crippen LogP contribution in [0.1, 0.15) is 48.0 Å². The van der Waals surface area contributed by atoms with Crippen molar-refractivity contribution in [2.75, 3.05) is 13.2 Å². The Morgan fingerprint density at radius 3 is 2.12 bits per heavy atom. The molecule has 0 heterocycles. The van der Waals surface area contributed by atoms with E-state index < -0.39 is 30.8 Å². The summed E-state index contributed by atoms with van der Waals surface area (Å²) < 4.78 is 61.4. The number of nitrogens with one attached hydrogen (secondary N) is 1. The van der Waals surface area contributed by atoms with Crippen molar-refractivity contribution in [3.05, 3.63) is 35.4 Å². The lowest BCUT2D eigenvalue weighted by molar-refractivity contribution is -0.284. The van der Waals surface area contributed by atoms with Crippen molar-refractivity contribution < 1.29 is 31.9 Å². The van der Waals surface area contributed by atoms with Crippen LogP contribution in [0.5, 0.6) is 0 Å². The van der Waals surface area contributed by atoms with E-state index in [9.17, 15) is 31.9 Å². The van der Waals surface area contributed by atoms with Gasteiger partial charge in [-0.25, -0.2) is 5.11 Å². The Hall–Kier alpha value is -1.70. The molecule has 1 aromatic rings. The fraction of sp³-hybridized carbons (Fsp3) is 0.588. The summed E-state index contributed by atoms with van der Waals surface area (Å²) in [5.41, 5.74) is 1.32. The monoisotopic (exact) mass is 366 g/mol. The molecule has 0 fully saturated rings. The highest BCUT2D eigenvalue weighted by atomic mass is 19.4. The third kappa shape index (κ3) is 7.37. The number of hydrogen-bond acceptors (Lipinski definition) is 1. The minimum atomic E-state index is -5.57. The molecular weight excluding hydrogens is 345 g/mol. The second-order valence-electron chi connectivity index (χ2n) is 5.77. The first kappa shape index (κ1) is 21.3. The average Bonchev–Trinajstić information content (AvgIpc) is 2.55. The number of aryl methyl sites for hydroxylation is 1. The largest absolute Gasteiger partial charge is 0.453 e. The number of hydrogen-bond donors (Lipinski definition) is 1. The predicted molar refractivity (Wildman–Crippen MR) is 82.1 cm³/mol. The second-order valence-corrected chi connectivity index (χ2v) is 5.77. The van der Waals surface area contributed by atoms with E-state index in [1.54, 1.807) is 24.3 Å². The molecule has 141 valence electrons. The van der Waals surface area contributed by atoms with Crippen molar-refractivity contribution in [2.24, 2.45) is 0 Å². The van der Waals surface area contributed by atoms with Gasteiger partial charge in [0, 0.05) is 18.5 Å². The van der Waals surface area contributed by atoms with Gasteiger partial charge in [0.2, 0.25) is 0 Å². The quantitative estimate of drug-likeness (QED) is 0.480. The summed E-state index contributed by atoms with van der Waals surface area (Å²) >= 11 is 0. The zero-order chi connectivity index (χ0) is 18.9. The van der Waals surface area contributed by atoms with E-state index in [0.717, 1.165) is 24.8 Å². The van der Waals surface area contributed by atoms with Crippen LogP contribution in [0.15, 0.2) is 24.3 Å². The van der Waals surface area contributed by atoms with Gasteiger partial charge in [-0.2, -0.15) is 22.0 Å². The van der Waals surface area contributed by atoms with Crippen LogP contribution in [-0.4, -0.2) is 31.2 Å². The zero-order valence-electron chi connectivity index (χ0n) is 13.7. The van der Waals surface area contributed by atoms with Gasteiger partial charge in [-0.3, -0.25) is 4.79 Å². The smallest absolute Gasteiger partial charge is 0.352 e. The normalized spacial score (nSPS) is 12.2. The Bertz CT molecular complexity index is 529. The van der Waals surface area contributed by atoms with Crippen LogP contribution in [0.3, 0.4) is 0 Å². The first-order chi connectivity index (χ1) is 11.7. The van der Waals surface area contributed by atoms with Crippen molar-refractivity contribution in [2.45, 2.75) is 50.6 Å². The van der Waals surface area contributed by atoms with Gasteiger partial charge in [0.05, 0.1) is 6.61 Å². The summed E-state index contributed by atoms with van der Waals surface area (Å²) in [5.74, 6) is -5.26. The molecule has 0 bridgehead atoms. The summed E-state index contributed by atoms with van der Waals surface area (Å²) in [6, 6.07) is 6.65. The molecule has 0 saturated carbocycles. The molecule has 1 rings (SSSR count). The number of halogens is 5. The molecule has 1 radical (unpaired) electrons. The molecule has 8 heteroatoms. The highest BCUT2D eigenvalue weighted by Crippen LogP contribution is 2.38. The second kappa shape index (κ2) is 9.70. The number of carbonyl (C=O) groups excluding carboxylic acids is 1. The van der Waals surface area contributed by atoms with Crippen LogP contribution in [0.25, 0.3) is 0 Å². The number of rotatable bonds is 10. The van der Waals surface area contributed by atoms with Crippen molar-refractivity contribution >= 4 is 5.91 Å². The van der Waals surface area contributed by atoms with Gasteiger partial charge in [0.15, 0.2) is 0 Å². The molecule has 1 N–H and O–H groups in total. The lowest BCUT2D eigenvalue weighted by Gasteiger charge is -2.19. The van der Waals surface area contributed by atoms with E-state index in [1.807, 2.05) is 0 Å². The van der Waals surface area contributed by atoms with Gasteiger partial charge in [-0.1, -0.05) is 18.6 Å². The lowest BCUT2D eigenvalue weighted by Crippen LogP contribution is -2.37. The molecule has 0 saturated heterocycles. The fourth-order valence-corrected chi connectivity index (χ4v) is 2.19. The Morgan fingerprint density at radius 1 is 0.920 bits per heavy atom. The maximum atomic E-state index is 12.7. The van der Waals surface area contributed by atoms with Gasteiger partial charge in [-0.05, 0) is 43.4 Å². The third-order valence-corrected chi connectivity index (χ3v) is 3.69. The summed E-state index contributed by atoms with van der Waals surface area (Å²) in [4.78, 5) is 11.8. The van der Waals surface area contributed by atoms with Crippen LogP contribution in [0, 0.1) is 0 Å². The van der Waals surface area contributed by atoms with Crippen LogP contribution >= 0.6 is 0 Å². The first-order valence-corrected chi connectivity index (χ1v) is 8.07. The number of alkyl halides is 5. The summed E-state index contributed by atoms with van der Waals surface area (Å²) in [6.07, 6.45) is -4.27. The molecule has 0 aromatic heterocycles. The molecule has 0 aliphatic carbocycles. The standard InChI is InChI=1S/C17H21F5NO2/c18-16(19,17(20,21)22)10-4-11-23-15(25)14-8-6-13(7-9-14)5-2-1-3-12-24/h6-9H,1-5,10-12H2,(H,23,25). The van der Waals surface area contributed by atoms with Gasteiger partial charge >= 0.3 is 12.1 Å². The van der Waals surface area contributed by atoms with Gasteiger partial charge in [-0.15, -0.1) is 0 Å². The van der Waals surface area contributed by atoms with Crippen molar-refractivity contribution in [3.63, 3.8) is 0 Å². The Labute approximate surface area is 143 Å². The highest BCUT2D eigenvalue weighted by Gasteiger charge is 2.56. The highest BCUT2D eigenvalue weighted by molar-refractivity contribution is 5.94. The number of benzene rings is 1. The van der Waals surface area contributed by atoms with E-state index in [0.29, 0.717) is 12.0 Å². The topological polar surface area (TPSA) is 49.0 Å². The average molecular weight is 366 g/mol. The zero-order valence-corrected chi connectivity index (χ0v) is 13.7. The lowest BCUT2D eigenvalue weighted by atomic mass is 10.0. The summed E-state index contributed by atoms with van der Waals surface area (Å²) in [5, 5.41) is 12.7. The number of amides is 1. The fourth-order valence-electron chi connectivity index (χ4n) is 2.19. The van der Waals surface area contributed by atoms with E-state index in [1.165, 1.54) is 0 Å². The molecule has 0 spiro atoms. The van der Waals surface area contributed by atoms with Crippen LogP contribution in [-0.2, 0) is 11.5 Å². The molecule has 1 amide bonds. The van der Waals surface area contributed by atoms with E-state index in [4.69, 9.17) is 0 Å². The molecule has 0 atom stereocenters. The van der Waals surface area contributed by atoms with E-state index in [-0.39, 0.29) is 13.2 Å². The van der Waals surface area contributed by atoms with Crippen LogP contribution in [0.4, 0.5) is 22.0 Å². The minimum absolute atomic E-state index is 0.0893.